The second-order valence-corrected chi connectivity index (χ2v) is 5.00. The zero-order valence-electron chi connectivity index (χ0n) is 11.0. The molecule has 0 spiro atoms. The molecule has 0 aliphatic rings. The second kappa shape index (κ2) is 6.67. The van der Waals surface area contributed by atoms with Gasteiger partial charge >= 0.3 is 0 Å². The van der Waals surface area contributed by atoms with Crippen molar-refractivity contribution in [3.05, 3.63) is 30.1 Å². The Morgan fingerprint density at radius 2 is 1.50 bits per heavy atom. The molecule has 0 saturated carbocycles. The second-order valence-electron chi connectivity index (χ2n) is 5.00. The summed E-state index contributed by atoms with van der Waals surface area (Å²) in [5, 5.41) is 0. The lowest BCUT2D eigenvalue weighted by molar-refractivity contribution is 0.374. The van der Waals surface area contributed by atoms with E-state index in [-0.39, 0.29) is 0 Å². The molecule has 0 bridgehead atoms. The van der Waals surface area contributed by atoms with Crippen molar-refractivity contribution in [3.63, 3.8) is 0 Å². The maximum absolute atomic E-state index is 4.12. The van der Waals surface area contributed by atoms with E-state index < -0.39 is 0 Å². The van der Waals surface area contributed by atoms with E-state index in [0.29, 0.717) is 5.41 Å². The van der Waals surface area contributed by atoms with Crippen LogP contribution in [-0.2, 0) is 5.41 Å². The fourth-order valence-corrected chi connectivity index (χ4v) is 2.30. The molecule has 0 radical (unpaired) electrons. The first-order chi connectivity index (χ1) is 7.73. The van der Waals surface area contributed by atoms with Gasteiger partial charge in [-0.3, -0.25) is 4.98 Å². The molecule has 0 aliphatic carbocycles. The normalized spacial score (nSPS) is 11.7. The molecule has 0 saturated heterocycles. The zero-order chi connectivity index (χ0) is 11.9. The highest BCUT2D eigenvalue weighted by Crippen LogP contribution is 2.34. The van der Waals surface area contributed by atoms with Crippen molar-refractivity contribution in [1.29, 1.82) is 0 Å². The summed E-state index contributed by atoms with van der Waals surface area (Å²) in [5.41, 5.74) is 1.82. The van der Waals surface area contributed by atoms with E-state index in [0.717, 1.165) is 0 Å². The molecule has 1 nitrogen and oxygen atoms in total. The van der Waals surface area contributed by atoms with Crippen LogP contribution in [0.4, 0.5) is 0 Å². The Labute approximate surface area is 100 Å². The number of aromatic nitrogens is 1. The lowest BCUT2D eigenvalue weighted by atomic mass is 9.75. The monoisotopic (exact) mass is 219 g/mol. The molecular weight excluding hydrogens is 194 g/mol. The summed E-state index contributed by atoms with van der Waals surface area (Å²) in [4.78, 5) is 4.12. The molecule has 1 heterocycles. The maximum Gasteiger partial charge on any atom is 0.0270 e. The quantitative estimate of drug-likeness (QED) is 0.646. The average molecular weight is 219 g/mol. The van der Waals surface area contributed by atoms with Gasteiger partial charge in [0.15, 0.2) is 0 Å². The van der Waals surface area contributed by atoms with E-state index in [2.05, 4.69) is 37.9 Å². The Morgan fingerprint density at radius 3 is 1.94 bits per heavy atom. The lowest BCUT2D eigenvalue weighted by Crippen LogP contribution is -2.22. The van der Waals surface area contributed by atoms with Gasteiger partial charge in [0.25, 0.3) is 0 Å². The summed E-state index contributed by atoms with van der Waals surface area (Å²) < 4.78 is 0. The number of unbranched alkanes of at least 4 members (excludes halogenated alkanes) is 2. The van der Waals surface area contributed by atoms with E-state index in [1.54, 1.807) is 0 Å². The summed E-state index contributed by atoms with van der Waals surface area (Å²) >= 11 is 0. The van der Waals surface area contributed by atoms with E-state index in [4.69, 9.17) is 0 Å². The zero-order valence-corrected chi connectivity index (χ0v) is 11.0. The minimum absolute atomic E-state index is 0.356. The average Bonchev–Trinajstić information content (AvgIpc) is 2.35. The fraction of sp³-hybridized carbons (Fsp3) is 0.667. The Kier molecular flexibility index (Phi) is 5.51. The van der Waals surface area contributed by atoms with Crippen LogP contribution in [0.1, 0.15) is 64.9 Å². The van der Waals surface area contributed by atoms with Crippen LogP contribution in [0.5, 0.6) is 0 Å². The van der Waals surface area contributed by atoms with Crippen molar-refractivity contribution < 1.29 is 0 Å². The third-order valence-electron chi connectivity index (χ3n) is 3.54. The molecule has 0 N–H and O–H groups in total. The van der Waals surface area contributed by atoms with E-state index >= 15 is 0 Å². The Balaban J connectivity index is 2.77. The molecule has 16 heavy (non-hydrogen) atoms. The summed E-state index contributed by atoms with van der Waals surface area (Å²) in [5.74, 6) is 0. The van der Waals surface area contributed by atoms with Gasteiger partial charge in [0, 0.05) is 12.4 Å². The molecule has 0 atom stereocenters. The molecule has 90 valence electrons. The number of hydrogen-bond acceptors (Lipinski definition) is 1. The maximum atomic E-state index is 4.12. The van der Waals surface area contributed by atoms with E-state index in [1.165, 1.54) is 44.1 Å². The van der Waals surface area contributed by atoms with Crippen LogP contribution in [0, 0.1) is 0 Å². The van der Waals surface area contributed by atoms with E-state index in [9.17, 15) is 0 Å². The SMILES string of the molecule is CCCCC(C)(CCCC)c1ccncc1. The van der Waals surface area contributed by atoms with Crippen LogP contribution in [0.15, 0.2) is 24.5 Å². The Hall–Kier alpha value is -0.850. The predicted molar refractivity (Wildman–Crippen MR) is 70.6 cm³/mol. The number of rotatable bonds is 7. The number of hydrogen-bond donors (Lipinski definition) is 0. The standard InChI is InChI=1S/C15H25N/c1-4-6-10-15(3,11-7-5-2)14-8-12-16-13-9-14/h8-9,12-13H,4-7,10-11H2,1-3H3. The highest BCUT2D eigenvalue weighted by Gasteiger charge is 2.24. The smallest absolute Gasteiger partial charge is 0.0270 e. The van der Waals surface area contributed by atoms with Crippen LogP contribution in [0.3, 0.4) is 0 Å². The van der Waals surface area contributed by atoms with Gasteiger partial charge in [-0.25, -0.2) is 0 Å². The van der Waals surface area contributed by atoms with Crippen molar-refractivity contribution in [2.75, 3.05) is 0 Å². The van der Waals surface area contributed by atoms with E-state index in [1.807, 2.05) is 12.4 Å². The molecule has 1 aromatic heterocycles. The van der Waals surface area contributed by atoms with Crippen molar-refractivity contribution in [2.45, 2.75) is 64.7 Å². The van der Waals surface area contributed by atoms with Gasteiger partial charge in [-0.15, -0.1) is 0 Å². The summed E-state index contributed by atoms with van der Waals surface area (Å²) in [6.07, 6.45) is 11.7. The minimum Gasteiger partial charge on any atom is -0.265 e. The molecule has 0 aromatic carbocycles. The Bertz CT molecular complexity index is 271. The molecule has 1 aromatic rings. The van der Waals surface area contributed by atoms with Crippen LogP contribution in [0.2, 0.25) is 0 Å². The van der Waals surface area contributed by atoms with Crippen LogP contribution < -0.4 is 0 Å². The fourth-order valence-electron chi connectivity index (χ4n) is 2.30. The van der Waals surface area contributed by atoms with Gasteiger partial charge in [-0.05, 0) is 36.0 Å². The van der Waals surface area contributed by atoms with Gasteiger partial charge < -0.3 is 0 Å². The first-order valence-corrected chi connectivity index (χ1v) is 6.63. The van der Waals surface area contributed by atoms with Gasteiger partial charge in [-0.2, -0.15) is 0 Å². The predicted octanol–water partition coefficient (Wildman–Crippen LogP) is 4.72. The summed E-state index contributed by atoms with van der Waals surface area (Å²) in [7, 11) is 0. The van der Waals surface area contributed by atoms with Crippen LogP contribution >= 0.6 is 0 Å². The minimum atomic E-state index is 0.356. The molecule has 1 rings (SSSR count). The highest BCUT2D eigenvalue weighted by atomic mass is 14.6. The van der Waals surface area contributed by atoms with Crippen molar-refractivity contribution in [1.82, 2.24) is 4.98 Å². The largest absolute Gasteiger partial charge is 0.265 e. The molecule has 0 aliphatic heterocycles. The summed E-state index contributed by atoms with van der Waals surface area (Å²) in [6, 6.07) is 4.37. The Morgan fingerprint density at radius 1 is 1.00 bits per heavy atom. The van der Waals surface area contributed by atoms with Crippen LogP contribution in [-0.4, -0.2) is 4.98 Å². The van der Waals surface area contributed by atoms with Crippen LogP contribution in [0.25, 0.3) is 0 Å². The number of pyridine rings is 1. The molecular formula is C15H25N. The van der Waals surface area contributed by atoms with Crippen molar-refractivity contribution in [3.8, 4) is 0 Å². The van der Waals surface area contributed by atoms with Gasteiger partial charge in [0.05, 0.1) is 0 Å². The first-order valence-electron chi connectivity index (χ1n) is 6.63. The van der Waals surface area contributed by atoms with Crippen molar-refractivity contribution >= 4 is 0 Å². The third-order valence-corrected chi connectivity index (χ3v) is 3.54. The summed E-state index contributed by atoms with van der Waals surface area (Å²) in [6.45, 7) is 6.95. The number of nitrogens with zero attached hydrogens (tertiary/aromatic N) is 1. The first kappa shape index (κ1) is 13.2. The van der Waals surface area contributed by atoms with Gasteiger partial charge in [0.2, 0.25) is 0 Å². The van der Waals surface area contributed by atoms with Crippen molar-refractivity contribution in [2.24, 2.45) is 0 Å². The molecule has 0 fully saturated rings. The lowest BCUT2D eigenvalue weighted by Gasteiger charge is -2.30. The van der Waals surface area contributed by atoms with Gasteiger partial charge in [0.1, 0.15) is 0 Å². The molecule has 1 heteroatoms. The highest BCUT2D eigenvalue weighted by molar-refractivity contribution is 5.21. The van der Waals surface area contributed by atoms with Gasteiger partial charge in [-0.1, -0.05) is 46.5 Å². The molecule has 0 unspecified atom stereocenters. The topological polar surface area (TPSA) is 12.9 Å². The third kappa shape index (κ3) is 3.62. The molecule has 0 amide bonds.